The molecule has 3 rings (SSSR count). The number of rotatable bonds is 5. The van der Waals surface area contributed by atoms with Crippen LogP contribution in [0, 0.1) is 5.41 Å². The van der Waals surface area contributed by atoms with Gasteiger partial charge in [0.25, 0.3) is 0 Å². The summed E-state index contributed by atoms with van der Waals surface area (Å²) < 4.78 is 5.60. The first-order valence-electron chi connectivity index (χ1n) is 7.55. The van der Waals surface area contributed by atoms with Crippen LogP contribution in [-0.4, -0.2) is 55.8 Å². The maximum Gasteiger partial charge on any atom is 0.241 e. The fourth-order valence-electron chi connectivity index (χ4n) is 2.83. The van der Waals surface area contributed by atoms with Gasteiger partial charge in [-0.3, -0.25) is 4.79 Å². The van der Waals surface area contributed by atoms with E-state index in [9.17, 15) is 9.90 Å². The van der Waals surface area contributed by atoms with Gasteiger partial charge in [-0.05, 0) is 31.0 Å². The zero-order chi connectivity index (χ0) is 15.7. The molecular weight excluding hydrogens is 304 g/mol. The molecule has 1 heterocycles. The molecule has 120 valence electrons. The Hall–Kier alpha value is -1.46. The summed E-state index contributed by atoms with van der Waals surface area (Å²) in [5.74, 6) is 0.813. The highest BCUT2D eigenvalue weighted by Crippen LogP contribution is 2.45. The quantitative estimate of drug-likeness (QED) is 0.897. The SMILES string of the molecule is CN(CC1(CO)CC1)C(=O)CN1CCOc2ccc(Cl)cc21. The van der Waals surface area contributed by atoms with Gasteiger partial charge in [0.15, 0.2) is 0 Å². The molecule has 0 aromatic heterocycles. The fourth-order valence-corrected chi connectivity index (χ4v) is 2.99. The molecule has 0 atom stereocenters. The van der Waals surface area contributed by atoms with Crippen molar-refractivity contribution in [2.75, 3.05) is 44.8 Å². The van der Waals surface area contributed by atoms with E-state index in [2.05, 4.69) is 0 Å². The van der Waals surface area contributed by atoms with E-state index in [0.717, 1.165) is 24.3 Å². The van der Waals surface area contributed by atoms with E-state index in [-0.39, 0.29) is 17.9 Å². The molecular formula is C16H21ClN2O3. The number of aliphatic hydroxyl groups excluding tert-OH is 1. The monoisotopic (exact) mass is 324 g/mol. The third kappa shape index (κ3) is 3.15. The number of amides is 1. The standard InChI is InChI=1S/C16H21ClN2O3/c1-18(10-16(11-20)4-5-16)15(21)9-19-6-7-22-14-3-2-12(17)8-13(14)19/h2-3,8,20H,4-7,9-11H2,1H3. The first-order chi connectivity index (χ1) is 10.5. The molecule has 0 unspecified atom stereocenters. The smallest absolute Gasteiger partial charge is 0.241 e. The van der Waals surface area contributed by atoms with Gasteiger partial charge >= 0.3 is 0 Å². The number of fused-ring (bicyclic) bond motifs is 1. The molecule has 2 aliphatic rings. The van der Waals surface area contributed by atoms with Gasteiger partial charge in [-0.15, -0.1) is 0 Å². The van der Waals surface area contributed by atoms with Gasteiger partial charge in [-0.25, -0.2) is 0 Å². The number of likely N-dealkylation sites (N-methyl/N-ethyl adjacent to an activating group) is 1. The molecule has 1 aliphatic carbocycles. The Morgan fingerprint density at radius 2 is 2.27 bits per heavy atom. The number of halogens is 1. The molecule has 0 bridgehead atoms. The Morgan fingerprint density at radius 1 is 1.50 bits per heavy atom. The van der Waals surface area contributed by atoms with E-state index < -0.39 is 0 Å². The van der Waals surface area contributed by atoms with Crippen molar-refractivity contribution in [3.05, 3.63) is 23.2 Å². The van der Waals surface area contributed by atoms with Crippen molar-refractivity contribution in [2.45, 2.75) is 12.8 Å². The number of anilines is 1. The van der Waals surface area contributed by atoms with E-state index in [1.807, 2.05) is 17.0 Å². The summed E-state index contributed by atoms with van der Waals surface area (Å²) in [6, 6.07) is 5.46. The topological polar surface area (TPSA) is 53.0 Å². The Balaban J connectivity index is 1.66. The van der Waals surface area contributed by atoms with Crippen molar-refractivity contribution in [3.8, 4) is 5.75 Å². The van der Waals surface area contributed by atoms with Crippen molar-refractivity contribution in [1.82, 2.24) is 4.90 Å². The van der Waals surface area contributed by atoms with Gasteiger partial charge in [-0.1, -0.05) is 11.6 Å². The van der Waals surface area contributed by atoms with Crippen LogP contribution in [0.15, 0.2) is 18.2 Å². The van der Waals surface area contributed by atoms with Crippen LogP contribution in [0.1, 0.15) is 12.8 Å². The summed E-state index contributed by atoms with van der Waals surface area (Å²) in [6.07, 6.45) is 1.99. The Bertz CT molecular complexity index is 575. The van der Waals surface area contributed by atoms with Crippen LogP contribution >= 0.6 is 11.6 Å². The Morgan fingerprint density at radius 3 is 2.95 bits per heavy atom. The second kappa shape index (κ2) is 5.97. The number of benzene rings is 1. The summed E-state index contributed by atoms with van der Waals surface area (Å²) in [6.45, 7) is 2.30. The minimum atomic E-state index is -0.0589. The van der Waals surface area contributed by atoms with Gasteiger partial charge in [0.1, 0.15) is 12.4 Å². The summed E-state index contributed by atoms with van der Waals surface area (Å²) in [7, 11) is 1.80. The maximum atomic E-state index is 12.5. The predicted octanol–water partition coefficient (Wildman–Crippen LogP) is 1.77. The minimum Gasteiger partial charge on any atom is -0.490 e. The molecule has 1 aliphatic heterocycles. The molecule has 1 N–H and O–H groups in total. The molecule has 1 fully saturated rings. The average Bonchev–Trinajstić information content (AvgIpc) is 3.28. The normalized spacial score (nSPS) is 18.4. The number of hydrogen-bond donors (Lipinski definition) is 1. The Kier molecular flexibility index (Phi) is 4.19. The van der Waals surface area contributed by atoms with Gasteiger partial charge in [-0.2, -0.15) is 0 Å². The van der Waals surface area contributed by atoms with Crippen molar-refractivity contribution >= 4 is 23.2 Å². The number of nitrogens with zero attached hydrogens (tertiary/aromatic N) is 2. The average molecular weight is 325 g/mol. The summed E-state index contributed by atoms with van der Waals surface area (Å²) in [5, 5.41) is 10.0. The lowest BCUT2D eigenvalue weighted by Crippen LogP contribution is -2.44. The van der Waals surface area contributed by atoms with Gasteiger partial charge in [0, 0.05) is 24.0 Å². The van der Waals surface area contributed by atoms with Crippen LogP contribution in [0.2, 0.25) is 5.02 Å². The predicted molar refractivity (Wildman–Crippen MR) is 85.5 cm³/mol. The third-order valence-electron chi connectivity index (χ3n) is 4.50. The zero-order valence-electron chi connectivity index (χ0n) is 12.7. The van der Waals surface area contributed by atoms with Gasteiger partial charge in [0.2, 0.25) is 5.91 Å². The lowest BCUT2D eigenvalue weighted by molar-refractivity contribution is -0.129. The summed E-state index contributed by atoms with van der Waals surface area (Å²) in [5.41, 5.74) is 0.806. The molecule has 1 saturated carbocycles. The van der Waals surface area contributed by atoms with Gasteiger partial charge in [0.05, 0.1) is 25.4 Å². The Labute approximate surface area is 135 Å². The van der Waals surface area contributed by atoms with Crippen LogP contribution < -0.4 is 9.64 Å². The maximum absolute atomic E-state index is 12.5. The molecule has 0 saturated heterocycles. The fraction of sp³-hybridized carbons (Fsp3) is 0.562. The number of aliphatic hydroxyl groups is 1. The van der Waals surface area contributed by atoms with E-state index >= 15 is 0 Å². The highest BCUT2D eigenvalue weighted by Gasteiger charge is 2.43. The van der Waals surface area contributed by atoms with Crippen LogP contribution in [0.5, 0.6) is 5.75 Å². The van der Waals surface area contributed by atoms with Crippen molar-refractivity contribution in [3.63, 3.8) is 0 Å². The second-order valence-corrected chi connectivity index (χ2v) is 6.73. The van der Waals surface area contributed by atoms with Crippen LogP contribution in [0.25, 0.3) is 0 Å². The molecule has 1 aromatic rings. The van der Waals surface area contributed by atoms with E-state index in [4.69, 9.17) is 16.3 Å². The van der Waals surface area contributed by atoms with Crippen LogP contribution in [0.4, 0.5) is 5.69 Å². The largest absolute Gasteiger partial charge is 0.490 e. The van der Waals surface area contributed by atoms with E-state index in [1.54, 1.807) is 18.0 Å². The molecule has 1 aromatic carbocycles. The molecule has 22 heavy (non-hydrogen) atoms. The van der Waals surface area contributed by atoms with Gasteiger partial charge < -0.3 is 19.6 Å². The lowest BCUT2D eigenvalue weighted by atomic mass is 10.1. The minimum absolute atomic E-state index is 0.0487. The number of hydrogen-bond acceptors (Lipinski definition) is 4. The van der Waals surface area contributed by atoms with E-state index in [1.165, 1.54) is 0 Å². The van der Waals surface area contributed by atoms with Crippen LogP contribution in [0.3, 0.4) is 0 Å². The number of ether oxygens (including phenoxy) is 1. The van der Waals surface area contributed by atoms with Crippen molar-refractivity contribution < 1.29 is 14.6 Å². The lowest BCUT2D eigenvalue weighted by Gasteiger charge is -2.32. The third-order valence-corrected chi connectivity index (χ3v) is 4.73. The molecule has 5 nitrogen and oxygen atoms in total. The highest BCUT2D eigenvalue weighted by molar-refractivity contribution is 6.31. The second-order valence-electron chi connectivity index (χ2n) is 6.29. The molecule has 0 radical (unpaired) electrons. The number of carbonyl (C=O) groups excluding carboxylic acids is 1. The van der Waals surface area contributed by atoms with Crippen molar-refractivity contribution in [2.24, 2.45) is 5.41 Å². The zero-order valence-corrected chi connectivity index (χ0v) is 13.5. The molecule has 1 amide bonds. The first-order valence-corrected chi connectivity index (χ1v) is 7.93. The van der Waals surface area contributed by atoms with Crippen molar-refractivity contribution in [1.29, 1.82) is 0 Å². The van der Waals surface area contributed by atoms with Crippen LogP contribution in [-0.2, 0) is 4.79 Å². The van der Waals surface area contributed by atoms with E-state index in [0.29, 0.717) is 31.3 Å². The molecule has 6 heteroatoms. The number of carbonyl (C=O) groups is 1. The highest BCUT2D eigenvalue weighted by atomic mass is 35.5. The first kappa shape index (κ1) is 15.4. The molecule has 0 spiro atoms. The summed E-state index contributed by atoms with van der Waals surface area (Å²) >= 11 is 6.05. The summed E-state index contributed by atoms with van der Waals surface area (Å²) in [4.78, 5) is 16.2.